The van der Waals surface area contributed by atoms with Gasteiger partial charge in [0.15, 0.2) is 0 Å². The second-order valence-electron chi connectivity index (χ2n) is 8.34. The number of fused-ring (bicyclic) bond motifs is 1. The van der Waals surface area contributed by atoms with Gasteiger partial charge in [-0.25, -0.2) is 9.78 Å². The molecule has 0 aromatic carbocycles. The lowest BCUT2D eigenvalue weighted by atomic mass is 10.1. The number of carboxylic acid groups (broad SMARTS) is 1. The highest BCUT2D eigenvalue weighted by molar-refractivity contribution is 14.1. The van der Waals surface area contributed by atoms with Gasteiger partial charge in [0.1, 0.15) is 12.5 Å². The lowest BCUT2D eigenvalue weighted by molar-refractivity contribution is 0.0836. The fraction of sp³-hybridized carbons (Fsp3) is 0.579. The second-order valence-corrected chi connectivity index (χ2v) is 15.1. The van der Waals surface area contributed by atoms with Gasteiger partial charge in [-0.2, -0.15) is 0 Å². The van der Waals surface area contributed by atoms with Crippen molar-refractivity contribution in [2.45, 2.75) is 51.3 Å². The van der Waals surface area contributed by atoms with Crippen LogP contribution in [0.2, 0.25) is 25.7 Å². The molecule has 28 heavy (non-hydrogen) atoms. The fourth-order valence-corrected chi connectivity index (χ4v) is 4.78. The minimum Gasteiger partial charge on any atom is -0.465 e. The summed E-state index contributed by atoms with van der Waals surface area (Å²) in [5.41, 5.74) is 0.945. The van der Waals surface area contributed by atoms with Crippen LogP contribution in [0.25, 0.3) is 10.9 Å². The van der Waals surface area contributed by atoms with Crippen molar-refractivity contribution in [1.82, 2.24) is 9.55 Å². The average Bonchev–Trinajstić information content (AvgIpc) is 2.93. The van der Waals surface area contributed by atoms with E-state index in [4.69, 9.17) is 9.47 Å². The molecular weight excluding hydrogens is 489 g/mol. The van der Waals surface area contributed by atoms with Crippen LogP contribution in [-0.4, -0.2) is 54.7 Å². The lowest BCUT2D eigenvalue weighted by Crippen LogP contribution is -2.43. The van der Waals surface area contributed by atoms with Gasteiger partial charge in [-0.05, 0) is 47.5 Å². The van der Waals surface area contributed by atoms with E-state index in [1.54, 1.807) is 6.20 Å². The fourth-order valence-electron chi connectivity index (χ4n) is 3.29. The molecule has 1 aliphatic rings. The maximum Gasteiger partial charge on any atom is 0.413 e. The Bertz CT molecular complexity index is 830. The van der Waals surface area contributed by atoms with Crippen LogP contribution in [0.4, 0.5) is 10.6 Å². The molecule has 9 heteroatoms. The van der Waals surface area contributed by atoms with E-state index >= 15 is 0 Å². The van der Waals surface area contributed by atoms with Crippen molar-refractivity contribution in [2.24, 2.45) is 0 Å². The summed E-state index contributed by atoms with van der Waals surface area (Å²) in [4.78, 5) is 17.8. The third-order valence-corrected chi connectivity index (χ3v) is 7.54. The minimum absolute atomic E-state index is 0.105. The van der Waals surface area contributed by atoms with E-state index in [-0.39, 0.29) is 6.04 Å². The van der Waals surface area contributed by atoms with Crippen molar-refractivity contribution >= 4 is 53.5 Å². The van der Waals surface area contributed by atoms with Crippen LogP contribution in [0, 0.1) is 3.70 Å². The molecule has 0 bridgehead atoms. The van der Waals surface area contributed by atoms with Gasteiger partial charge in [0.2, 0.25) is 0 Å². The molecule has 2 aromatic heterocycles. The van der Waals surface area contributed by atoms with Gasteiger partial charge >= 0.3 is 6.09 Å². The molecule has 7 nitrogen and oxygen atoms in total. The summed E-state index contributed by atoms with van der Waals surface area (Å²) in [6.45, 7) is 9.36. The van der Waals surface area contributed by atoms with Crippen molar-refractivity contribution in [2.75, 3.05) is 24.7 Å². The van der Waals surface area contributed by atoms with Crippen molar-refractivity contribution < 1.29 is 19.4 Å². The van der Waals surface area contributed by atoms with Gasteiger partial charge in [-0.15, -0.1) is 0 Å². The lowest BCUT2D eigenvalue weighted by Gasteiger charge is -2.31. The Hall–Kier alpha value is -1.17. The maximum absolute atomic E-state index is 11.9. The number of anilines is 1. The van der Waals surface area contributed by atoms with Crippen LogP contribution in [0.5, 0.6) is 0 Å². The average molecular weight is 517 g/mol. The molecular formula is C19H28IN3O4Si. The van der Waals surface area contributed by atoms with Crippen LogP contribution in [0.3, 0.4) is 0 Å². The van der Waals surface area contributed by atoms with Crippen molar-refractivity contribution in [1.29, 1.82) is 0 Å². The zero-order valence-electron chi connectivity index (χ0n) is 16.7. The van der Waals surface area contributed by atoms with E-state index in [2.05, 4.69) is 51.8 Å². The normalized spacial score (nSPS) is 15.9. The number of hydrogen-bond acceptors (Lipinski definition) is 4. The summed E-state index contributed by atoms with van der Waals surface area (Å²) in [5, 5.41) is 10.8. The monoisotopic (exact) mass is 517 g/mol. The Balaban J connectivity index is 1.83. The van der Waals surface area contributed by atoms with E-state index < -0.39 is 14.2 Å². The number of pyridine rings is 1. The van der Waals surface area contributed by atoms with E-state index in [1.807, 2.05) is 12.1 Å². The molecule has 0 spiro atoms. The van der Waals surface area contributed by atoms with Gasteiger partial charge < -0.3 is 19.1 Å². The first-order valence-electron chi connectivity index (χ1n) is 9.59. The van der Waals surface area contributed by atoms with E-state index in [0.717, 1.165) is 27.3 Å². The third kappa shape index (κ3) is 5.25. The molecule has 0 aliphatic carbocycles. The molecule has 0 unspecified atom stereocenters. The van der Waals surface area contributed by atoms with Crippen LogP contribution in [-0.2, 0) is 16.2 Å². The Kier molecular flexibility index (Phi) is 7.00. The smallest absolute Gasteiger partial charge is 0.413 e. The first-order valence-corrected chi connectivity index (χ1v) is 14.4. The first kappa shape index (κ1) is 21.5. The topological polar surface area (TPSA) is 76.8 Å². The molecule has 1 amide bonds. The highest BCUT2D eigenvalue weighted by Crippen LogP contribution is 2.27. The van der Waals surface area contributed by atoms with Crippen molar-refractivity contribution in [3.8, 4) is 0 Å². The summed E-state index contributed by atoms with van der Waals surface area (Å²) >= 11 is 2.28. The summed E-state index contributed by atoms with van der Waals surface area (Å²) in [6, 6.07) is 4.93. The van der Waals surface area contributed by atoms with Crippen LogP contribution in [0.1, 0.15) is 12.8 Å². The molecule has 0 atom stereocenters. The molecule has 1 saturated heterocycles. The van der Waals surface area contributed by atoms with Crippen LogP contribution < -0.4 is 4.90 Å². The minimum atomic E-state index is -1.13. The molecule has 3 rings (SSSR count). The highest BCUT2D eigenvalue weighted by atomic mass is 127. The Morgan fingerprint density at radius 3 is 2.75 bits per heavy atom. The third-order valence-electron chi connectivity index (χ3n) is 4.95. The first-order chi connectivity index (χ1) is 13.3. The summed E-state index contributed by atoms with van der Waals surface area (Å²) in [5.74, 6) is 0.463. The Morgan fingerprint density at radius 2 is 2.11 bits per heavy atom. The number of nitrogens with zero attached hydrogens (tertiary/aromatic N) is 3. The number of amides is 1. The predicted octanol–water partition coefficient (Wildman–Crippen LogP) is 4.62. The Labute approximate surface area is 180 Å². The van der Waals surface area contributed by atoms with E-state index in [0.29, 0.717) is 38.6 Å². The molecule has 154 valence electrons. The molecule has 1 fully saturated rings. The largest absolute Gasteiger partial charge is 0.465 e. The maximum atomic E-state index is 11.9. The van der Waals surface area contributed by atoms with Gasteiger partial charge in [0.05, 0.1) is 9.22 Å². The molecule has 2 aromatic rings. The van der Waals surface area contributed by atoms with Crippen molar-refractivity contribution in [3.05, 3.63) is 22.0 Å². The van der Waals surface area contributed by atoms with Crippen LogP contribution >= 0.6 is 22.6 Å². The number of rotatable bonds is 7. The molecule has 1 N–H and O–H groups in total. The SMILES string of the molecule is C[Si](C)(C)CCOCn1c(I)cc2cnc(N(C(=O)O)C3CCOCC3)cc21. The van der Waals surface area contributed by atoms with E-state index in [9.17, 15) is 9.90 Å². The molecule has 1 aliphatic heterocycles. The van der Waals surface area contributed by atoms with E-state index in [1.165, 1.54) is 4.90 Å². The number of ether oxygens (including phenoxy) is 2. The number of aromatic nitrogens is 2. The van der Waals surface area contributed by atoms with Crippen LogP contribution in [0.15, 0.2) is 18.3 Å². The Morgan fingerprint density at radius 1 is 1.39 bits per heavy atom. The number of hydrogen-bond donors (Lipinski definition) is 1. The van der Waals surface area contributed by atoms with Gasteiger partial charge in [0.25, 0.3) is 0 Å². The second kappa shape index (κ2) is 9.10. The summed E-state index contributed by atoms with van der Waals surface area (Å²) < 4.78 is 14.4. The summed E-state index contributed by atoms with van der Waals surface area (Å²) in [7, 11) is -1.13. The predicted molar refractivity (Wildman–Crippen MR) is 121 cm³/mol. The van der Waals surface area contributed by atoms with Crippen molar-refractivity contribution in [3.63, 3.8) is 0 Å². The van der Waals surface area contributed by atoms with Gasteiger partial charge in [-0.1, -0.05) is 19.6 Å². The summed E-state index contributed by atoms with van der Waals surface area (Å²) in [6.07, 6.45) is 2.15. The van der Waals surface area contributed by atoms with Gasteiger partial charge in [-0.3, -0.25) is 4.90 Å². The zero-order valence-corrected chi connectivity index (χ0v) is 19.8. The zero-order chi connectivity index (χ0) is 20.3. The number of carbonyl (C=O) groups is 1. The highest BCUT2D eigenvalue weighted by Gasteiger charge is 2.28. The standard InChI is InChI=1S/C19H28IN3O4Si/c1-28(2,3)9-8-27-13-22-16-11-18(21-12-14(16)10-17(22)20)23(19(24)25)15-4-6-26-7-5-15/h10-12,15H,4-9,13H2,1-3H3,(H,24,25). The quantitative estimate of drug-likeness (QED) is 0.330. The molecule has 3 heterocycles. The number of halogens is 1. The van der Waals surface area contributed by atoms with Gasteiger partial charge in [0, 0.05) is 51.6 Å². The molecule has 0 radical (unpaired) electrons. The molecule has 0 saturated carbocycles.